The van der Waals surface area contributed by atoms with Crippen molar-refractivity contribution in [3.8, 4) is 0 Å². The predicted octanol–water partition coefficient (Wildman–Crippen LogP) is 1.30. The summed E-state index contributed by atoms with van der Waals surface area (Å²) in [6.07, 6.45) is 2.26. The van der Waals surface area contributed by atoms with E-state index in [4.69, 9.17) is 4.74 Å². The van der Waals surface area contributed by atoms with Crippen LogP contribution in [-0.2, 0) is 16.1 Å². The molecule has 0 spiro atoms. The van der Waals surface area contributed by atoms with Gasteiger partial charge in [-0.2, -0.15) is 0 Å². The smallest absolute Gasteiger partial charge is 0.337 e. The molecule has 1 atom stereocenters. The van der Waals surface area contributed by atoms with E-state index in [1.54, 1.807) is 13.3 Å². The minimum atomic E-state index is -0.403. The van der Waals surface area contributed by atoms with E-state index in [0.29, 0.717) is 23.4 Å². The Kier molecular flexibility index (Phi) is 6.03. The fraction of sp³-hybridized carbons (Fsp3) is 0.571. The summed E-state index contributed by atoms with van der Waals surface area (Å²) in [5, 5.41) is 14.1. The van der Waals surface area contributed by atoms with Gasteiger partial charge in [0, 0.05) is 18.0 Å². The molecule has 0 radical (unpaired) electrons. The van der Waals surface area contributed by atoms with Gasteiger partial charge in [0.05, 0.1) is 18.2 Å². The Morgan fingerprint density at radius 1 is 1.43 bits per heavy atom. The number of nitrogens with zero attached hydrogens (tertiary/aromatic N) is 3. The molecule has 1 aromatic heterocycles. The lowest BCUT2D eigenvalue weighted by atomic mass is 10.0. The maximum atomic E-state index is 12.3. The molecule has 0 saturated heterocycles. The second-order valence-electron chi connectivity index (χ2n) is 4.86. The molecule has 2 amide bonds. The van der Waals surface area contributed by atoms with Crippen LogP contribution in [0.4, 0.5) is 4.79 Å². The van der Waals surface area contributed by atoms with Crippen LogP contribution in [-0.4, -0.2) is 45.2 Å². The summed E-state index contributed by atoms with van der Waals surface area (Å²) in [7, 11) is 0. The molecule has 2 heterocycles. The number of aromatic nitrogens is 3. The lowest BCUT2D eigenvalue weighted by molar-refractivity contribution is -0.139. The minimum absolute atomic E-state index is 0.289. The van der Waals surface area contributed by atoms with E-state index < -0.39 is 5.97 Å². The first-order chi connectivity index (χ1) is 11.1. The molecule has 1 aromatic rings. The molecule has 1 aliphatic heterocycles. The van der Waals surface area contributed by atoms with Crippen molar-refractivity contribution >= 4 is 23.8 Å². The molecule has 8 nitrogen and oxygen atoms in total. The number of hydrogen-bond donors (Lipinski definition) is 2. The van der Waals surface area contributed by atoms with Gasteiger partial charge < -0.3 is 19.9 Å². The second-order valence-corrected chi connectivity index (χ2v) is 5.80. The van der Waals surface area contributed by atoms with Crippen LogP contribution in [0.2, 0.25) is 0 Å². The molecule has 0 aromatic carbocycles. The third-order valence-corrected chi connectivity index (χ3v) is 4.42. The first-order valence-electron chi connectivity index (χ1n) is 7.58. The van der Waals surface area contributed by atoms with Crippen LogP contribution in [0.3, 0.4) is 0 Å². The molecule has 0 fully saturated rings. The Bertz CT molecular complexity index is 613. The van der Waals surface area contributed by atoms with Gasteiger partial charge in [0.25, 0.3) is 0 Å². The van der Waals surface area contributed by atoms with E-state index >= 15 is 0 Å². The summed E-state index contributed by atoms with van der Waals surface area (Å²) in [4.78, 5) is 24.1. The number of hydrogen-bond acceptors (Lipinski definition) is 6. The average molecular weight is 339 g/mol. The number of aryl methyl sites for hydroxylation is 1. The summed E-state index contributed by atoms with van der Waals surface area (Å²) < 4.78 is 7.03. The van der Waals surface area contributed by atoms with Gasteiger partial charge >= 0.3 is 12.0 Å². The molecule has 23 heavy (non-hydrogen) atoms. The number of amides is 2. The Balaban J connectivity index is 2.24. The van der Waals surface area contributed by atoms with Gasteiger partial charge in [0.15, 0.2) is 5.16 Å². The van der Waals surface area contributed by atoms with Crippen LogP contribution in [0.1, 0.15) is 27.2 Å². The zero-order valence-corrected chi connectivity index (χ0v) is 14.3. The maximum absolute atomic E-state index is 12.3. The fourth-order valence-corrected chi connectivity index (χ4v) is 3.23. The van der Waals surface area contributed by atoms with Crippen LogP contribution in [0.15, 0.2) is 22.8 Å². The third-order valence-electron chi connectivity index (χ3n) is 3.41. The van der Waals surface area contributed by atoms with Gasteiger partial charge in [-0.05, 0) is 20.3 Å². The summed E-state index contributed by atoms with van der Waals surface area (Å²) >= 11 is 1.42. The number of urea groups is 1. The van der Waals surface area contributed by atoms with Gasteiger partial charge in [0.2, 0.25) is 0 Å². The van der Waals surface area contributed by atoms with Crippen LogP contribution >= 0.6 is 11.8 Å². The van der Waals surface area contributed by atoms with E-state index in [1.165, 1.54) is 11.8 Å². The summed E-state index contributed by atoms with van der Waals surface area (Å²) in [5.41, 5.74) is 1.04. The van der Waals surface area contributed by atoms with Crippen molar-refractivity contribution in [2.24, 2.45) is 0 Å². The molecule has 1 aliphatic rings. The van der Waals surface area contributed by atoms with Gasteiger partial charge in [-0.3, -0.25) is 0 Å². The molecule has 0 saturated carbocycles. The number of rotatable bonds is 7. The SMILES string of the molecule is CCOC(=O)C1=C(CSc2nncn2CC)NC(=O)NC1CC. The molecular weight excluding hydrogens is 318 g/mol. The van der Waals surface area contributed by atoms with Gasteiger partial charge in [-0.15, -0.1) is 10.2 Å². The van der Waals surface area contributed by atoms with Crippen molar-refractivity contribution in [2.75, 3.05) is 12.4 Å². The second kappa shape index (κ2) is 8.00. The van der Waals surface area contributed by atoms with Crippen LogP contribution in [0.25, 0.3) is 0 Å². The Labute approximate surface area is 139 Å². The highest BCUT2D eigenvalue weighted by molar-refractivity contribution is 7.99. The molecule has 126 valence electrons. The van der Waals surface area contributed by atoms with Crippen molar-refractivity contribution in [3.05, 3.63) is 17.6 Å². The summed E-state index contributed by atoms with van der Waals surface area (Å²) in [5.74, 6) is 0.0101. The number of esters is 1. The molecule has 0 bridgehead atoms. The number of ether oxygens (including phenoxy) is 1. The van der Waals surface area contributed by atoms with Gasteiger partial charge in [0.1, 0.15) is 6.33 Å². The van der Waals surface area contributed by atoms with Crippen molar-refractivity contribution in [1.82, 2.24) is 25.4 Å². The quantitative estimate of drug-likeness (QED) is 0.574. The molecule has 2 rings (SSSR count). The lowest BCUT2D eigenvalue weighted by Gasteiger charge is -2.28. The molecule has 2 N–H and O–H groups in total. The largest absolute Gasteiger partial charge is 0.463 e. The first kappa shape index (κ1) is 17.3. The Morgan fingerprint density at radius 3 is 2.87 bits per heavy atom. The van der Waals surface area contributed by atoms with E-state index in [-0.39, 0.29) is 18.7 Å². The third kappa shape index (κ3) is 4.04. The Hall–Kier alpha value is -2.03. The number of carbonyl (C=O) groups is 2. The number of carbonyl (C=O) groups excluding carboxylic acids is 2. The lowest BCUT2D eigenvalue weighted by Crippen LogP contribution is -2.50. The van der Waals surface area contributed by atoms with Crippen molar-refractivity contribution in [2.45, 2.75) is 44.9 Å². The minimum Gasteiger partial charge on any atom is -0.463 e. The molecule has 1 unspecified atom stereocenters. The molecular formula is C14H21N5O3S. The topological polar surface area (TPSA) is 98.1 Å². The standard InChI is InChI=1S/C14H21N5O3S/c1-4-9-11(12(20)22-6-3)10(17-13(21)16-9)7-23-14-18-15-8-19(14)5-2/h8-9H,4-7H2,1-3H3,(H2,16,17,21). The molecule has 0 aliphatic carbocycles. The van der Waals surface area contributed by atoms with Gasteiger partial charge in [-0.1, -0.05) is 18.7 Å². The zero-order valence-electron chi connectivity index (χ0n) is 13.5. The number of nitrogens with one attached hydrogen (secondary N) is 2. The zero-order chi connectivity index (χ0) is 16.8. The van der Waals surface area contributed by atoms with Crippen molar-refractivity contribution in [1.29, 1.82) is 0 Å². The van der Waals surface area contributed by atoms with Crippen molar-refractivity contribution < 1.29 is 14.3 Å². The summed E-state index contributed by atoms with van der Waals surface area (Å²) in [6, 6.07) is -0.653. The maximum Gasteiger partial charge on any atom is 0.337 e. The highest BCUT2D eigenvalue weighted by Crippen LogP contribution is 2.23. The van der Waals surface area contributed by atoms with Gasteiger partial charge in [-0.25, -0.2) is 9.59 Å². The monoisotopic (exact) mass is 339 g/mol. The van der Waals surface area contributed by atoms with Crippen LogP contribution in [0.5, 0.6) is 0 Å². The van der Waals surface area contributed by atoms with E-state index in [0.717, 1.165) is 11.7 Å². The van der Waals surface area contributed by atoms with Crippen LogP contribution < -0.4 is 10.6 Å². The van der Waals surface area contributed by atoms with E-state index in [9.17, 15) is 9.59 Å². The molecule has 9 heteroatoms. The average Bonchev–Trinajstić information content (AvgIpc) is 2.99. The van der Waals surface area contributed by atoms with E-state index in [2.05, 4.69) is 20.8 Å². The number of thioether (sulfide) groups is 1. The van der Waals surface area contributed by atoms with Crippen LogP contribution in [0, 0.1) is 0 Å². The highest BCUT2D eigenvalue weighted by atomic mass is 32.2. The Morgan fingerprint density at radius 2 is 2.22 bits per heavy atom. The first-order valence-corrected chi connectivity index (χ1v) is 8.57. The predicted molar refractivity (Wildman–Crippen MR) is 85.8 cm³/mol. The highest BCUT2D eigenvalue weighted by Gasteiger charge is 2.31. The van der Waals surface area contributed by atoms with Crippen molar-refractivity contribution in [3.63, 3.8) is 0 Å². The fourth-order valence-electron chi connectivity index (χ4n) is 2.29. The normalized spacial score (nSPS) is 17.7. The van der Waals surface area contributed by atoms with E-state index in [1.807, 2.05) is 18.4 Å². The summed E-state index contributed by atoms with van der Waals surface area (Å²) in [6.45, 7) is 6.71.